The Morgan fingerprint density at radius 3 is 2.70 bits per heavy atom. The summed E-state index contributed by atoms with van der Waals surface area (Å²) in [6, 6.07) is 0. The minimum atomic E-state index is 0.936. The molecule has 0 atom stereocenters. The number of allylic oxidation sites excluding steroid dienone is 4. The molecule has 0 bridgehead atoms. The predicted molar refractivity (Wildman–Crippen MR) is 45.3 cm³/mol. The van der Waals surface area contributed by atoms with E-state index in [-0.39, 0.29) is 0 Å². The SMILES string of the molecule is CN/C=C/CC=C/C=C/N. The van der Waals surface area contributed by atoms with Gasteiger partial charge >= 0.3 is 0 Å². The summed E-state index contributed by atoms with van der Waals surface area (Å²) in [7, 11) is 1.88. The third kappa shape index (κ3) is 6.82. The van der Waals surface area contributed by atoms with Gasteiger partial charge < -0.3 is 11.1 Å². The molecule has 0 aromatic carbocycles. The number of hydrogen-bond acceptors (Lipinski definition) is 2. The van der Waals surface area contributed by atoms with Gasteiger partial charge in [0.25, 0.3) is 0 Å². The average Bonchev–Trinajstić information content (AvgIpc) is 1.97. The van der Waals surface area contributed by atoms with E-state index in [9.17, 15) is 0 Å². The molecule has 3 N–H and O–H groups in total. The van der Waals surface area contributed by atoms with E-state index in [0.29, 0.717) is 0 Å². The zero-order valence-corrected chi connectivity index (χ0v) is 6.25. The standard InChI is InChI=1S/C8H14N2/c1-10-8-6-4-2-3-5-7-9/h2-3,5-8,10H,4,9H2,1H3/b3-2?,7-5+,8-6+. The van der Waals surface area contributed by atoms with Crippen molar-refractivity contribution in [1.82, 2.24) is 5.32 Å². The van der Waals surface area contributed by atoms with E-state index >= 15 is 0 Å². The lowest BCUT2D eigenvalue weighted by molar-refractivity contribution is 1.09. The highest BCUT2D eigenvalue weighted by Crippen LogP contribution is 1.84. The van der Waals surface area contributed by atoms with Gasteiger partial charge in [0, 0.05) is 7.05 Å². The van der Waals surface area contributed by atoms with Crippen LogP contribution in [0.3, 0.4) is 0 Å². The van der Waals surface area contributed by atoms with Crippen molar-refractivity contribution in [3.63, 3.8) is 0 Å². The van der Waals surface area contributed by atoms with Gasteiger partial charge in [-0.25, -0.2) is 0 Å². The smallest absolute Gasteiger partial charge is 0.00276 e. The molecule has 0 saturated heterocycles. The highest BCUT2D eigenvalue weighted by molar-refractivity contribution is 5.03. The molecule has 0 spiro atoms. The van der Waals surface area contributed by atoms with E-state index in [1.807, 2.05) is 31.5 Å². The van der Waals surface area contributed by atoms with E-state index in [1.54, 1.807) is 6.08 Å². The molecule has 0 unspecified atom stereocenters. The van der Waals surface area contributed by atoms with Crippen molar-refractivity contribution in [3.8, 4) is 0 Å². The topological polar surface area (TPSA) is 38.0 Å². The summed E-state index contributed by atoms with van der Waals surface area (Å²) < 4.78 is 0. The van der Waals surface area contributed by atoms with Gasteiger partial charge in [0.15, 0.2) is 0 Å². The van der Waals surface area contributed by atoms with Crippen LogP contribution in [-0.4, -0.2) is 7.05 Å². The lowest BCUT2D eigenvalue weighted by Gasteiger charge is -1.82. The molecule has 0 aliphatic carbocycles. The van der Waals surface area contributed by atoms with Gasteiger partial charge in [-0.1, -0.05) is 18.2 Å². The molecule has 0 fully saturated rings. The van der Waals surface area contributed by atoms with Gasteiger partial charge in [0.2, 0.25) is 0 Å². The second-order valence-electron chi connectivity index (χ2n) is 1.74. The summed E-state index contributed by atoms with van der Waals surface area (Å²) >= 11 is 0. The third-order valence-electron chi connectivity index (χ3n) is 0.915. The minimum absolute atomic E-state index is 0.936. The predicted octanol–water partition coefficient (Wildman–Crippen LogP) is 1.14. The molecule has 0 saturated carbocycles. The molecule has 2 heteroatoms. The van der Waals surface area contributed by atoms with Crippen LogP contribution < -0.4 is 11.1 Å². The molecule has 10 heavy (non-hydrogen) atoms. The van der Waals surface area contributed by atoms with E-state index < -0.39 is 0 Å². The van der Waals surface area contributed by atoms with Crippen molar-refractivity contribution in [2.75, 3.05) is 7.05 Å². The maximum Gasteiger partial charge on any atom is 0.00276 e. The van der Waals surface area contributed by atoms with Crippen molar-refractivity contribution < 1.29 is 0 Å². The fraction of sp³-hybridized carbons (Fsp3) is 0.250. The molecule has 0 heterocycles. The number of nitrogens with one attached hydrogen (secondary N) is 1. The second kappa shape index (κ2) is 7.82. The first-order valence-corrected chi connectivity index (χ1v) is 3.27. The molecule has 0 aromatic heterocycles. The first kappa shape index (κ1) is 8.82. The van der Waals surface area contributed by atoms with Crippen LogP contribution in [0.1, 0.15) is 6.42 Å². The Hall–Kier alpha value is -1.18. The minimum Gasteiger partial charge on any atom is -0.405 e. The highest BCUT2D eigenvalue weighted by atomic mass is 14.8. The highest BCUT2D eigenvalue weighted by Gasteiger charge is 1.66. The third-order valence-corrected chi connectivity index (χ3v) is 0.915. The van der Waals surface area contributed by atoms with Gasteiger partial charge in [-0.15, -0.1) is 0 Å². The summed E-state index contributed by atoms with van der Waals surface area (Å²) in [6.07, 6.45) is 12.1. The number of nitrogens with two attached hydrogens (primary N) is 1. The Morgan fingerprint density at radius 1 is 1.30 bits per heavy atom. The van der Waals surface area contributed by atoms with Crippen LogP contribution in [0.5, 0.6) is 0 Å². The van der Waals surface area contributed by atoms with Crippen LogP contribution in [0.2, 0.25) is 0 Å². The van der Waals surface area contributed by atoms with E-state index in [1.165, 1.54) is 6.20 Å². The van der Waals surface area contributed by atoms with Crippen molar-refractivity contribution in [2.45, 2.75) is 6.42 Å². The van der Waals surface area contributed by atoms with E-state index in [2.05, 4.69) is 5.32 Å². The lowest BCUT2D eigenvalue weighted by Crippen LogP contribution is -1.89. The zero-order valence-electron chi connectivity index (χ0n) is 6.25. The molecule has 0 amide bonds. The Labute approximate surface area is 62.1 Å². The van der Waals surface area contributed by atoms with Gasteiger partial charge in [0.05, 0.1) is 0 Å². The van der Waals surface area contributed by atoms with Gasteiger partial charge in [0.1, 0.15) is 0 Å². The average molecular weight is 138 g/mol. The quantitative estimate of drug-likeness (QED) is 0.572. The van der Waals surface area contributed by atoms with Crippen molar-refractivity contribution in [2.24, 2.45) is 5.73 Å². The molecule has 0 aliphatic heterocycles. The zero-order chi connectivity index (χ0) is 7.66. The Morgan fingerprint density at radius 2 is 2.10 bits per heavy atom. The fourth-order valence-corrected chi connectivity index (χ4v) is 0.486. The molecule has 0 radical (unpaired) electrons. The van der Waals surface area contributed by atoms with Gasteiger partial charge in [-0.2, -0.15) is 0 Å². The normalized spacial score (nSPS) is 12.1. The molecule has 0 rings (SSSR count). The molecule has 0 aliphatic rings. The summed E-state index contributed by atoms with van der Waals surface area (Å²) in [6.45, 7) is 0. The molecule has 56 valence electrons. The molecule has 0 aromatic rings. The van der Waals surface area contributed by atoms with Crippen LogP contribution in [-0.2, 0) is 0 Å². The number of rotatable bonds is 4. The van der Waals surface area contributed by atoms with Crippen LogP contribution in [0.25, 0.3) is 0 Å². The van der Waals surface area contributed by atoms with Gasteiger partial charge in [-0.05, 0) is 24.9 Å². The van der Waals surface area contributed by atoms with Crippen LogP contribution >= 0.6 is 0 Å². The number of hydrogen-bond donors (Lipinski definition) is 2. The maximum atomic E-state index is 5.11. The first-order chi connectivity index (χ1) is 4.91. The Bertz CT molecular complexity index is 134. The monoisotopic (exact) mass is 138 g/mol. The van der Waals surface area contributed by atoms with E-state index in [4.69, 9.17) is 5.73 Å². The largest absolute Gasteiger partial charge is 0.405 e. The van der Waals surface area contributed by atoms with Crippen LogP contribution in [0.4, 0.5) is 0 Å². The van der Waals surface area contributed by atoms with Crippen molar-refractivity contribution in [3.05, 3.63) is 36.7 Å². The molecule has 2 nitrogen and oxygen atoms in total. The molecular formula is C8H14N2. The van der Waals surface area contributed by atoms with Crippen molar-refractivity contribution >= 4 is 0 Å². The fourth-order valence-electron chi connectivity index (χ4n) is 0.486. The lowest BCUT2D eigenvalue weighted by atomic mass is 10.3. The van der Waals surface area contributed by atoms with Crippen LogP contribution in [0.15, 0.2) is 36.7 Å². The van der Waals surface area contributed by atoms with Crippen molar-refractivity contribution in [1.29, 1.82) is 0 Å². The van der Waals surface area contributed by atoms with Gasteiger partial charge in [-0.3, -0.25) is 0 Å². The second-order valence-corrected chi connectivity index (χ2v) is 1.74. The molecular weight excluding hydrogens is 124 g/mol. The Kier molecular flexibility index (Phi) is 6.90. The summed E-state index contributed by atoms with van der Waals surface area (Å²) in [5.41, 5.74) is 5.11. The Balaban J connectivity index is 3.26. The summed E-state index contributed by atoms with van der Waals surface area (Å²) in [4.78, 5) is 0. The summed E-state index contributed by atoms with van der Waals surface area (Å²) in [5.74, 6) is 0. The van der Waals surface area contributed by atoms with Crippen LogP contribution in [0, 0.1) is 0 Å². The van der Waals surface area contributed by atoms with E-state index in [0.717, 1.165) is 6.42 Å². The first-order valence-electron chi connectivity index (χ1n) is 3.27. The summed E-state index contributed by atoms with van der Waals surface area (Å²) in [5, 5.41) is 2.90. The maximum absolute atomic E-state index is 5.11.